The van der Waals surface area contributed by atoms with Gasteiger partial charge in [-0.1, -0.05) is 12.1 Å². The van der Waals surface area contributed by atoms with E-state index >= 15 is 0 Å². The quantitative estimate of drug-likeness (QED) is 0.744. The molecule has 1 aliphatic rings. The van der Waals surface area contributed by atoms with Crippen molar-refractivity contribution in [3.05, 3.63) is 30.2 Å². The van der Waals surface area contributed by atoms with Gasteiger partial charge in [0.1, 0.15) is 5.75 Å². The molecule has 2 heterocycles. The van der Waals surface area contributed by atoms with Gasteiger partial charge < -0.3 is 19.9 Å². The number of carbonyl (C=O) groups excluding carboxylic acids is 1. The first-order valence-electron chi connectivity index (χ1n) is 8.79. The zero-order chi connectivity index (χ0) is 18.5. The maximum atomic E-state index is 12.2. The van der Waals surface area contributed by atoms with Gasteiger partial charge in [0.05, 0.1) is 13.7 Å². The summed E-state index contributed by atoms with van der Waals surface area (Å²) in [4.78, 5) is 20.7. The van der Waals surface area contributed by atoms with Crippen molar-refractivity contribution < 1.29 is 14.1 Å². The highest BCUT2D eigenvalue weighted by Gasteiger charge is 2.25. The van der Waals surface area contributed by atoms with Gasteiger partial charge in [-0.05, 0) is 24.3 Å². The molecule has 0 bridgehead atoms. The van der Waals surface area contributed by atoms with Gasteiger partial charge in [0.25, 0.3) is 0 Å². The van der Waals surface area contributed by atoms with E-state index in [0.29, 0.717) is 37.9 Å². The highest BCUT2D eigenvalue weighted by atomic mass is 35.5. The van der Waals surface area contributed by atoms with Crippen LogP contribution in [0, 0.1) is 5.92 Å². The summed E-state index contributed by atoms with van der Waals surface area (Å²) < 4.78 is 10.5. The molecule has 1 saturated heterocycles. The van der Waals surface area contributed by atoms with E-state index in [9.17, 15) is 4.79 Å². The maximum Gasteiger partial charge on any atom is 0.241 e. The highest BCUT2D eigenvalue weighted by molar-refractivity contribution is 5.85. The average Bonchev–Trinajstić information content (AvgIpc) is 3.16. The molecule has 1 fully saturated rings. The minimum Gasteiger partial charge on any atom is -0.497 e. The van der Waals surface area contributed by atoms with Crippen LogP contribution in [0.4, 0.5) is 0 Å². The summed E-state index contributed by atoms with van der Waals surface area (Å²) in [5.41, 5.74) is 6.46. The lowest BCUT2D eigenvalue weighted by Crippen LogP contribution is -2.50. The first kappa shape index (κ1) is 24.2. The van der Waals surface area contributed by atoms with E-state index in [2.05, 4.69) is 15.0 Å². The summed E-state index contributed by atoms with van der Waals surface area (Å²) in [6.45, 7) is 5.79. The van der Waals surface area contributed by atoms with Gasteiger partial charge in [-0.3, -0.25) is 9.69 Å². The van der Waals surface area contributed by atoms with E-state index in [4.69, 9.17) is 15.0 Å². The van der Waals surface area contributed by atoms with Gasteiger partial charge in [-0.25, -0.2) is 0 Å². The maximum absolute atomic E-state index is 12.2. The van der Waals surface area contributed by atoms with Crippen molar-refractivity contribution in [2.45, 2.75) is 13.5 Å². The summed E-state index contributed by atoms with van der Waals surface area (Å²) in [6, 6.07) is 7.53. The van der Waals surface area contributed by atoms with Crippen LogP contribution in [0.25, 0.3) is 11.4 Å². The minimum atomic E-state index is -0.121. The van der Waals surface area contributed by atoms with Crippen LogP contribution in [0.1, 0.15) is 12.8 Å². The second kappa shape index (κ2) is 11.2. The number of hydrogen-bond donors (Lipinski definition) is 1. The molecular weight excluding hydrogens is 405 g/mol. The van der Waals surface area contributed by atoms with Crippen LogP contribution >= 0.6 is 24.8 Å². The normalized spacial score (nSPS) is 15.3. The van der Waals surface area contributed by atoms with Gasteiger partial charge >= 0.3 is 0 Å². The van der Waals surface area contributed by atoms with E-state index in [1.165, 1.54) is 0 Å². The highest BCUT2D eigenvalue weighted by Crippen LogP contribution is 2.20. The molecule has 1 aliphatic heterocycles. The van der Waals surface area contributed by atoms with Gasteiger partial charge in [0, 0.05) is 44.2 Å². The van der Waals surface area contributed by atoms with E-state index in [0.717, 1.165) is 24.4 Å². The lowest BCUT2D eigenvalue weighted by Gasteiger charge is -2.35. The SMILES string of the molecule is COc1ccc(-c2noc(CN3CCN(C(=O)C(C)CN)CC3)n2)cc1.Cl.Cl. The summed E-state index contributed by atoms with van der Waals surface area (Å²) >= 11 is 0. The van der Waals surface area contributed by atoms with Gasteiger partial charge in [0.15, 0.2) is 0 Å². The summed E-state index contributed by atoms with van der Waals surface area (Å²) in [5, 5.41) is 4.05. The molecule has 1 atom stereocenters. The molecule has 10 heteroatoms. The molecule has 28 heavy (non-hydrogen) atoms. The van der Waals surface area contributed by atoms with Crippen LogP contribution in [0.5, 0.6) is 5.75 Å². The molecule has 0 aliphatic carbocycles. The Kier molecular flexibility index (Phi) is 9.68. The number of halogens is 2. The van der Waals surface area contributed by atoms with E-state index in [-0.39, 0.29) is 36.6 Å². The Hall–Kier alpha value is -1.87. The van der Waals surface area contributed by atoms with Crippen LogP contribution in [0.3, 0.4) is 0 Å². The first-order valence-corrected chi connectivity index (χ1v) is 8.79. The second-order valence-electron chi connectivity index (χ2n) is 6.48. The largest absolute Gasteiger partial charge is 0.497 e. The third-order valence-electron chi connectivity index (χ3n) is 4.63. The van der Waals surface area contributed by atoms with E-state index < -0.39 is 0 Å². The van der Waals surface area contributed by atoms with E-state index in [1.54, 1.807) is 7.11 Å². The number of nitrogens with two attached hydrogens (primary N) is 1. The molecule has 0 spiro atoms. The number of hydrogen-bond acceptors (Lipinski definition) is 7. The number of carbonyl (C=O) groups is 1. The Labute approximate surface area is 177 Å². The number of nitrogens with zero attached hydrogens (tertiary/aromatic N) is 4. The number of ether oxygens (including phenoxy) is 1. The second-order valence-corrected chi connectivity index (χ2v) is 6.48. The van der Waals surface area contributed by atoms with E-state index in [1.807, 2.05) is 36.1 Å². The topological polar surface area (TPSA) is 97.7 Å². The van der Waals surface area contributed by atoms with Crippen LogP contribution < -0.4 is 10.5 Å². The van der Waals surface area contributed by atoms with Crippen molar-refractivity contribution in [1.29, 1.82) is 0 Å². The van der Waals surface area contributed by atoms with Crippen molar-refractivity contribution in [2.24, 2.45) is 11.7 Å². The predicted octanol–water partition coefficient (Wildman–Crippen LogP) is 1.83. The average molecular weight is 432 g/mol. The van der Waals surface area contributed by atoms with Crippen molar-refractivity contribution in [3.63, 3.8) is 0 Å². The fraction of sp³-hybridized carbons (Fsp3) is 0.500. The Morgan fingerprint density at radius 3 is 2.43 bits per heavy atom. The van der Waals surface area contributed by atoms with Gasteiger partial charge in [-0.2, -0.15) is 4.98 Å². The Bertz CT molecular complexity index is 733. The number of methoxy groups -OCH3 is 1. The summed E-state index contributed by atoms with van der Waals surface area (Å²) in [5.74, 6) is 1.93. The van der Waals surface area contributed by atoms with Crippen molar-refractivity contribution in [1.82, 2.24) is 19.9 Å². The van der Waals surface area contributed by atoms with Crippen LogP contribution in [-0.4, -0.2) is 65.7 Å². The minimum absolute atomic E-state index is 0. The third kappa shape index (κ3) is 5.81. The van der Waals surface area contributed by atoms with Crippen molar-refractivity contribution in [3.8, 4) is 17.1 Å². The fourth-order valence-corrected chi connectivity index (χ4v) is 2.91. The molecule has 2 aromatic rings. The molecule has 1 amide bonds. The number of aromatic nitrogens is 2. The Balaban J connectivity index is 0.00000196. The molecule has 1 aromatic heterocycles. The molecule has 2 N–H and O–H groups in total. The van der Waals surface area contributed by atoms with Crippen LogP contribution in [0.15, 0.2) is 28.8 Å². The Morgan fingerprint density at radius 1 is 1.21 bits per heavy atom. The van der Waals surface area contributed by atoms with Gasteiger partial charge in [-0.15, -0.1) is 24.8 Å². The molecule has 0 saturated carbocycles. The standard InChI is InChI=1S/C18H25N5O3.2ClH/c1-13(11-19)18(24)23-9-7-22(8-10-23)12-16-20-17(21-26-16)14-3-5-15(25-2)6-4-14;;/h3-6,13H,7-12,19H2,1-2H3;2*1H. The third-order valence-corrected chi connectivity index (χ3v) is 4.63. The number of benzene rings is 1. The molecule has 0 radical (unpaired) electrons. The van der Waals surface area contributed by atoms with Gasteiger partial charge in [0.2, 0.25) is 17.6 Å². The smallest absolute Gasteiger partial charge is 0.241 e. The fourth-order valence-electron chi connectivity index (χ4n) is 2.91. The summed E-state index contributed by atoms with van der Waals surface area (Å²) in [6.07, 6.45) is 0. The van der Waals surface area contributed by atoms with Crippen LogP contribution in [0.2, 0.25) is 0 Å². The number of rotatable bonds is 6. The lowest BCUT2D eigenvalue weighted by molar-refractivity contribution is -0.136. The summed E-state index contributed by atoms with van der Waals surface area (Å²) in [7, 11) is 1.63. The predicted molar refractivity (Wildman–Crippen MR) is 111 cm³/mol. The first-order chi connectivity index (χ1) is 12.6. The van der Waals surface area contributed by atoms with Crippen molar-refractivity contribution >= 4 is 30.7 Å². The molecule has 1 unspecified atom stereocenters. The monoisotopic (exact) mass is 431 g/mol. The number of amides is 1. The molecule has 1 aromatic carbocycles. The van der Waals surface area contributed by atoms with Crippen molar-refractivity contribution in [2.75, 3.05) is 39.8 Å². The molecular formula is C18H27Cl2N5O3. The number of piperazine rings is 1. The Morgan fingerprint density at radius 2 is 1.86 bits per heavy atom. The lowest BCUT2D eigenvalue weighted by atomic mass is 10.1. The zero-order valence-electron chi connectivity index (χ0n) is 16.0. The van der Waals surface area contributed by atoms with Crippen LogP contribution in [-0.2, 0) is 11.3 Å². The zero-order valence-corrected chi connectivity index (χ0v) is 17.7. The molecule has 3 rings (SSSR count). The molecule has 8 nitrogen and oxygen atoms in total. The molecule has 156 valence electrons.